The Morgan fingerprint density at radius 1 is 1.22 bits per heavy atom. The lowest BCUT2D eigenvalue weighted by Gasteiger charge is -2.20. The number of hydrogen-bond donors (Lipinski definition) is 2. The molecule has 2 aromatic carbocycles. The van der Waals surface area contributed by atoms with Crippen LogP contribution in [0.1, 0.15) is 15.9 Å². The maximum atomic E-state index is 12.9. The lowest BCUT2D eigenvalue weighted by atomic mass is 10.1. The quantitative estimate of drug-likeness (QED) is 0.829. The Bertz CT molecular complexity index is 705. The zero-order valence-electron chi connectivity index (χ0n) is 12.7. The molecule has 0 saturated heterocycles. The van der Waals surface area contributed by atoms with E-state index in [2.05, 4.69) is 11.4 Å². The first-order valence-electron chi connectivity index (χ1n) is 7.67. The molecule has 0 spiro atoms. The van der Waals surface area contributed by atoms with Crippen LogP contribution in [-0.2, 0) is 6.42 Å². The number of hydrogen-bond acceptors (Lipinski definition) is 3. The van der Waals surface area contributed by atoms with Gasteiger partial charge in [0.2, 0.25) is 0 Å². The first-order chi connectivity index (χ1) is 11.2. The van der Waals surface area contributed by atoms with E-state index in [0.717, 1.165) is 12.1 Å². The number of carbonyl (C=O) groups excluding carboxylic acids is 1. The molecule has 0 fully saturated rings. The number of nitrogens with one attached hydrogen (secondary N) is 1. The van der Waals surface area contributed by atoms with E-state index in [1.165, 1.54) is 5.56 Å². The molecule has 1 atom stereocenters. The number of para-hydroxylation sites is 2. The number of halogens is 1. The van der Waals surface area contributed by atoms with E-state index in [4.69, 9.17) is 11.6 Å². The van der Waals surface area contributed by atoms with E-state index in [0.29, 0.717) is 24.3 Å². The van der Waals surface area contributed by atoms with Crippen molar-refractivity contribution in [3.05, 3.63) is 59.7 Å². The number of fused-ring (bicyclic) bond motifs is 1. The van der Waals surface area contributed by atoms with Crippen molar-refractivity contribution in [1.82, 2.24) is 0 Å². The average Bonchev–Trinajstić information content (AvgIpc) is 3.03. The summed E-state index contributed by atoms with van der Waals surface area (Å²) < 4.78 is 0. The molecule has 1 aliphatic heterocycles. The second-order valence-corrected chi connectivity index (χ2v) is 5.88. The molecule has 23 heavy (non-hydrogen) atoms. The number of aliphatic hydroxyl groups excluding tert-OH is 1. The largest absolute Gasteiger partial charge is 0.390 e. The maximum Gasteiger partial charge on any atom is 0.260 e. The van der Waals surface area contributed by atoms with Crippen LogP contribution in [-0.4, -0.2) is 36.1 Å². The topological polar surface area (TPSA) is 52.6 Å². The number of carbonyl (C=O) groups is 1. The smallest absolute Gasteiger partial charge is 0.260 e. The van der Waals surface area contributed by atoms with Gasteiger partial charge >= 0.3 is 0 Å². The minimum Gasteiger partial charge on any atom is -0.390 e. The van der Waals surface area contributed by atoms with Crippen molar-refractivity contribution in [3.8, 4) is 0 Å². The van der Waals surface area contributed by atoms with Gasteiger partial charge in [0.1, 0.15) is 0 Å². The summed E-state index contributed by atoms with van der Waals surface area (Å²) in [6.07, 6.45) is 0.231. The maximum absolute atomic E-state index is 12.9. The van der Waals surface area contributed by atoms with Gasteiger partial charge in [0.25, 0.3) is 5.91 Å². The monoisotopic (exact) mass is 330 g/mol. The van der Waals surface area contributed by atoms with Crippen LogP contribution < -0.4 is 10.2 Å². The van der Waals surface area contributed by atoms with E-state index >= 15 is 0 Å². The van der Waals surface area contributed by atoms with Crippen LogP contribution in [0.5, 0.6) is 0 Å². The Labute approximate surface area is 140 Å². The van der Waals surface area contributed by atoms with Crippen molar-refractivity contribution in [1.29, 1.82) is 0 Å². The third-order valence-corrected chi connectivity index (χ3v) is 4.35. The second kappa shape index (κ2) is 7.02. The van der Waals surface area contributed by atoms with Gasteiger partial charge in [-0.25, -0.2) is 0 Å². The van der Waals surface area contributed by atoms with Gasteiger partial charge in [0.05, 0.1) is 17.5 Å². The summed E-state index contributed by atoms with van der Waals surface area (Å²) >= 11 is 5.62. The predicted octanol–water partition coefficient (Wildman–Crippen LogP) is 2.90. The highest BCUT2D eigenvalue weighted by atomic mass is 35.5. The number of aliphatic hydroxyl groups is 1. The van der Waals surface area contributed by atoms with Crippen LogP contribution in [0.3, 0.4) is 0 Å². The average molecular weight is 331 g/mol. The van der Waals surface area contributed by atoms with Crippen LogP contribution >= 0.6 is 11.6 Å². The van der Waals surface area contributed by atoms with Gasteiger partial charge in [0.15, 0.2) is 0 Å². The number of amides is 1. The highest BCUT2D eigenvalue weighted by molar-refractivity contribution is 6.18. The van der Waals surface area contributed by atoms with Crippen LogP contribution in [0.15, 0.2) is 48.5 Å². The lowest BCUT2D eigenvalue weighted by Crippen LogP contribution is -2.30. The van der Waals surface area contributed by atoms with Crippen molar-refractivity contribution in [2.45, 2.75) is 12.5 Å². The zero-order valence-corrected chi connectivity index (χ0v) is 13.5. The molecule has 2 N–H and O–H groups in total. The molecule has 1 amide bonds. The number of alkyl halides is 1. The Morgan fingerprint density at radius 3 is 2.78 bits per heavy atom. The molecular formula is C18H19ClN2O2. The fraction of sp³-hybridized carbons (Fsp3) is 0.278. The molecule has 0 saturated carbocycles. The summed E-state index contributed by atoms with van der Waals surface area (Å²) in [6.45, 7) is 1.00. The van der Waals surface area contributed by atoms with Crippen LogP contribution in [0.2, 0.25) is 0 Å². The number of benzene rings is 2. The molecule has 3 rings (SSSR count). The summed E-state index contributed by atoms with van der Waals surface area (Å²) in [5.41, 5.74) is 3.49. The second-order valence-electron chi connectivity index (χ2n) is 5.57. The first kappa shape index (κ1) is 15.8. The Kier molecular flexibility index (Phi) is 4.84. The van der Waals surface area contributed by atoms with Gasteiger partial charge in [-0.3, -0.25) is 4.79 Å². The minimum atomic E-state index is -0.646. The van der Waals surface area contributed by atoms with Crippen molar-refractivity contribution < 1.29 is 9.90 Å². The molecule has 120 valence electrons. The fourth-order valence-electron chi connectivity index (χ4n) is 2.80. The van der Waals surface area contributed by atoms with Crippen LogP contribution in [0.4, 0.5) is 11.4 Å². The third-order valence-electron chi connectivity index (χ3n) is 4.00. The van der Waals surface area contributed by atoms with E-state index in [1.54, 1.807) is 6.07 Å². The standard InChI is InChI=1S/C18H19ClN2O2/c19-11-14(22)12-20-16-7-3-2-6-15(16)18(23)21-10-9-13-5-1-4-8-17(13)21/h1-8,14,20,22H,9-12H2. The molecule has 0 radical (unpaired) electrons. The molecule has 1 aliphatic rings. The van der Waals surface area contributed by atoms with Gasteiger partial charge in [-0.15, -0.1) is 11.6 Å². The van der Waals surface area contributed by atoms with Crippen molar-refractivity contribution in [2.24, 2.45) is 0 Å². The normalized spacial score (nSPS) is 14.4. The molecule has 0 aliphatic carbocycles. The van der Waals surface area contributed by atoms with E-state index in [9.17, 15) is 9.90 Å². The Balaban J connectivity index is 1.83. The molecule has 1 heterocycles. The lowest BCUT2D eigenvalue weighted by molar-refractivity contribution is 0.0990. The molecule has 1 unspecified atom stereocenters. The van der Waals surface area contributed by atoms with E-state index in [1.807, 2.05) is 41.3 Å². The summed E-state index contributed by atoms with van der Waals surface area (Å²) in [5.74, 6) is 0.126. The van der Waals surface area contributed by atoms with Gasteiger partial charge in [0, 0.05) is 24.5 Å². The van der Waals surface area contributed by atoms with Crippen LogP contribution in [0.25, 0.3) is 0 Å². The van der Waals surface area contributed by atoms with Gasteiger partial charge in [-0.1, -0.05) is 30.3 Å². The highest BCUT2D eigenvalue weighted by Gasteiger charge is 2.26. The van der Waals surface area contributed by atoms with Crippen molar-refractivity contribution in [3.63, 3.8) is 0 Å². The first-order valence-corrected chi connectivity index (χ1v) is 8.21. The molecular weight excluding hydrogens is 312 g/mol. The van der Waals surface area contributed by atoms with E-state index in [-0.39, 0.29) is 11.8 Å². The summed E-state index contributed by atoms with van der Waals surface area (Å²) in [6, 6.07) is 15.3. The van der Waals surface area contributed by atoms with Gasteiger partial charge in [-0.05, 0) is 30.2 Å². The van der Waals surface area contributed by atoms with Crippen molar-refractivity contribution in [2.75, 3.05) is 29.2 Å². The number of anilines is 2. The highest BCUT2D eigenvalue weighted by Crippen LogP contribution is 2.30. The van der Waals surface area contributed by atoms with Crippen LogP contribution in [0, 0.1) is 0 Å². The predicted molar refractivity (Wildman–Crippen MR) is 93.5 cm³/mol. The Morgan fingerprint density at radius 2 is 1.96 bits per heavy atom. The number of nitrogens with zero attached hydrogens (tertiary/aromatic N) is 1. The molecule has 0 aromatic heterocycles. The fourth-order valence-corrected chi connectivity index (χ4v) is 2.91. The van der Waals surface area contributed by atoms with Crippen molar-refractivity contribution >= 4 is 28.9 Å². The minimum absolute atomic E-state index is 0.0292. The third kappa shape index (κ3) is 3.33. The molecule has 2 aromatic rings. The zero-order chi connectivity index (χ0) is 16.2. The SMILES string of the molecule is O=C(c1ccccc1NCC(O)CCl)N1CCc2ccccc21. The molecule has 5 heteroatoms. The summed E-state index contributed by atoms with van der Waals surface area (Å²) in [5, 5.41) is 12.7. The number of rotatable bonds is 5. The van der Waals surface area contributed by atoms with Gasteiger partial charge < -0.3 is 15.3 Å². The summed E-state index contributed by atoms with van der Waals surface area (Å²) in [7, 11) is 0. The Hall–Kier alpha value is -2.04. The molecule has 0 bridgehead atoms. The summed E-state index contributed by atoms with van der Waals surface area (Å²) in [4.78, 5) is 14.8. The van der Waals surface area contributed by atoms with E-state index < -0.39 is 6.10 Å². The molecule has 4 nitrogen and oxygen atoms in total. The van der Waals surface area contributed by atoms with Gasteiger partial charge in [-0.2, -0.15) is 0 Å².